The van der Waals surface area contributed by atoms with Crippen LogP contribution in [-0.4, -0.2) is 84.7 Å². The summed E-state index contributed by atoms with van der Waals surface area (Å²) in [6.07, 6.45) is 3.67. The SMILES string of the molecule is CN(CCO)C(=O)CN1CC2(CCC(c3ccccc3)(N(C)C)CC2)NC1=O. The molecule has 3 rings (SSSR count). The van der Waals surface area contributed by atoms with E-state index in [2.05, 4.69) is 48.6 Å². The minimum absolute atomic E-state index is 0.0260. The normalized spacial score (nSPS) is 27.3. The van der Waals surface area contributed by atoms with Crippen molar-refractivity contribution in [2.75, 3.05) is 47.4 Å². The Morgan fingerprint density at radius 3 is 2.36 bits per heavy atom. The van der Waals surface area contributed by atoms with Gasteiger partial charge < -0.3 is 20.2 Å². The van der Waals surface area contributed by atoms with E-state index in [1.807, 2.05) is 6.07 Å². The van der Waals surface area contributed by atoms with Crippen LogP contribution in [0, 0.1) is 0 Å². The van der Waals surface area contributed by atoms with Crippen LogP contribution < -0.4 is 5.32 Å². The van der Waals surface area contributed by atoms with Crippen LogP contribution in [0.2, 0.25) is 0 Å². The number of nitrogens with zero attached hydrogens (tertiary/aromatic N) is 3. The van der Waals surface area contributed by atoms with E-state index in [1.54, 1.807) is 11.9 Å². The molecule has 1 aliphatic heterocycles. The lowest BCUT2D eigenvalue weighted by Gasteiger charge is -2.48. The van der Waals surface area contributed by atoms with Crippen LogP contribution in [0.1, 0.15) is 31.2 Å². The van der Waals surface area contributed by atoms with Crippen molar-refractivity contribution < 1.29 is 14.7 Å². The van der Waals surface area contributed by atoms with Crippen LogP contribution in [0.15, 0.2) is 30.3 Å². The topological polar surface area (TPSA) is 76.1 Å². The van der Waals surface area contributed by atoms with Gasteiger partial charge in [0.25, 0.3) is 0 Å². The number of aliphatic hydroxyl groups excluding tert-OH is 1. The molecule has 1 aromatic rings. The summed E-state index contributed by atoms with van der Waals surface area (Å²) in [4.78, 5) is 30.2. The summed E-state index contributed by atoms with van der Waals surface area (Å²) < 4.78 is 0. The lowest BCUT2D eigenvalue weighted by atomic mass is 9.69. The molecule has 154 valence electrons. The Morgan fingerprint density at radius 1 is 1.14 bits per heavy atom. The highest BCUT2D eigenvalue weighted by Gasteiger charge is 2.50. The third-order valence-corrected chi connectivity index (χ3v) is 6.54. The van der Waals surface area contributed by atoms with Gasteiger partial charge >= 0.3 is 6.03 Å². The molecule has 3 amide bonds. The first-order chi connectivity index (χ1) is 13.3. The first-order valence-electron chi connectivity index (χ1n) is 9.97. The smallest absolute Gasteiger partial charge is 0.318 e. The summed E-state index contributed by atoms with van der Waals surface area (Å²) in [6.45, 7) is 0.816. The van der Waals surface area contributed by atoms with Gasteiger partial charge in [0.15, 0.2) is 0 Å². The quantitative estimate of drug-likeness (QED) is 0.769. The van der Waals surface area contributed by atoms with Crippen LogP contribution in [0.5, 0.6) is 0 Å². The Bertz CT molecular complexity index is 699. The molecule has 2 fully saturated rings. The predicted octanol–water partition coefficient (Wildman–Crippen LogP) is 1.23. The molecule has 0 atom stereocenters. The molecule has 0 radical (unpaired) electrons. The van der Waals surface area contributed by atoms with Gasteiger partial charge in [-0.3, -0.25) is 9.69 Å². The number of amides is 3. The number of carbonyl (C=O) groups excluding carboxylic acids is 2. The molecule has 1 aliphatic carbocycles. The number of urea groups is 1. The summed E-state index contributed by atoms with van der Waals surface area (Å²) >= 11 is 0. The van der Waals surface area contributed by atoms with Crippen molar-refractivity contribution in [1.29, 1.82) is 0 Å². The highest BCUT2D eigenvalue weighted by Crippen LogP contribution is 2.45. The van der Waals surface area contributed by atoms with E-state index in [0.29, 0.717) is 6.54 Å². The molecule has 1 saturated heterocycles. The summed E-state index contributed by atoms with van der Waals surface area (Å²) in [6, 6.07) is 10.4. The number of nitrogens with one attached hydrogen (secondary N) is 1. The van der Waals surface area contributed by atoms with Crippen molar-refractivity contribution in [1.82, 2.24) is 20.0 Å². The summed E-state index contributed by atoms with van der Waals surface area (Å²) in [5.74, 6) is -0.149. The number of hydrogen-bond donors (Lipinski definition) is 2. The molecule has 1 aromatic carbocycles. The highest BCUT2D eigenvalue weighted by atomic mass is 16.3. The van der Waals surface area contributed by atoms with Gasteiger partial charge in [-0.2, -0.15) is 0 Å². The minimum Gasteiger partial charge on any atom is -0.395 e. The molecule has 28 heavy (non-hydrogen) atoms. The largest absolute Gasteiger partial charge is 0.395 e. The molecule has 7 heteroatoms. The Balaban J connectivity index is 1.68. The Labute approximate surface area is 167 Å². The number of aliphatic hydroxyl groups is 1. The summed E-state index contributed by atoms with van der Waals surface area (Å²) in [5, 5.41) is 12.2. The second kappa shape index (κ2) is 8.09. The molecule has 2 N–H and O–H groups in total. The van der Waals surface area contributed by atoms with Crippen LogP contribution in [-0.2, 0) is 10.3 Å². The standard InChI is InChI=1S/C21H32N4O3/c1-23(2)21(17-7-5-4-6-8-17)11-9-20(10-12-21)16-25(19(28)22-20)15-18(27)24(3)13-14-26/h4-8,26H,9-16H2,1-3H3,(H,22,28). The van der Waals surface area contributed by atoms with Crippen LogP contribution >= 0.6 is 0 Å². The summed E-state index contributed by atoms with van der Waals surface area (Å²) in [7, 11) is 5.90. The van der Waals surface area contributed by atoms with E-state index in [4.69, 9.17) is 5.11 Å². The number of likely N-dealkylation sites (N-methyl/N-ethyl adjacent to an activating group) is 1. The molecule has 1 heterocycles. The van der Waals surface area contributed by atoms with Crippen LogP contribution in [0.25, 0.3) is 0 Å². The average Bonchev–Trinajstić information content (AvgIpc) is 2.98. The second-order valence-corrected chi connectivity index (χ2v) is 8.40. The molecular formula is C21H32N4O3. The van der Waals surface area contributed by atoms with Gasteiger partial charge in [0.2, 0.25) is 5.91 Å². The Hall–Kier alpha value is -2.12. The fourth-order valence-corrected chi connectivity index (χ4v) is 4.64. The van der Waals surface area contributed by atoms with Crippen molar-refractivity contribution in [3.8, 4) is 0 Å². The van der Waals surface area contributed by atoms with Gasteiger partial charge in [-0.25, -0.2) is 4.79 Å². The van der Waals surface area contributed by atoms with Gasteiger partial charge in [0.05, 0.1) is 12.1 Å². The molecule has 1 spiro atoms. The molecule has 0 aromatic heterocycles. The monoisotopic (exact) mass is 388 g/mol. The van der Waals surface area contributed by atoms with Gasteiger partial charge in [0.1, 0.15) is 6.54 Å². The number of rotatable bonds is 6. The van der Waals surface area contributed by atoms with Crippen molar-refractivity contribution in [3.63, 3.8) is 0 Å². The van der Waals surface area contributed by atoms with E-state index < -0.39 is 0 Å². The third kappa shape index (κ3) is 3.86. The van der Waals surface area contributed by atoms with Gasteiger partial charge in [-0.1, -0.05) is 30.3 Å². The lowest BCUT2D eigenvalue weighted by molar-refractivity contribution is -0.130. The Kier molecular flexibility index (Phi) is 5.95. The van der Waals surface area contributed by atoms with E-state index in [-0.39, 0.29) is 42.7 Å². The maximum Gasteiger partial charge on any atom is 0.318 e. The minimum atomic E-state index is -0.263. The molecule has 2 aliphatic rings. The van der Waals surface area contributed by atoms with Crippen LogP contribution in [0.4, 0.5) is 4.79 Å². The maximum absolute atomic E-state index is 12.5. The van der Waals surface area contributed by atoms with Crippen LogP contribution in [0.3, 0.4) is 0 Å². The maximum atomic E-state index is 12.5. The van der Waals surface area contributed by atoms with Crippen molar-refractivity contribution in [2.45, 2.75) is 36.8 Å². The zero-order valence-electron chi connectivity index (χ0n) is 17.1. The molecule has 1 saturated carbocycles. The molecule has 7 nitrogen and oxygen atoms in total. The van der Waals surface area contributed by atoms with Gasteiger partial charge in [-0.05, 0) is 45.3 Å². The zero-order chi connectivity index (χ0) is 20.4. The first-order valence-corrected chi connectivity index (χ1v) is 9.97. The van der Waals surface area contributed by atoms with Gasteiger partial charge in [0, 0.05) is 25.7 Å². The van der Waals surface area contributed by atoms with Crippen molar-refractivity contribution in [2.24, 2.45) is 0 Å². The van der Waals surface area contributed by atoms with Gasteiger partial charge in [-0.15, -0.1) is 0 Å². The van der Waals surface area contributed by atoms with E-state index in [1.165, 1.54) is 10.5 Å². The number of hydrogen-bond acceptors (Lipinski definition) is 4. The van der Waals surface area contributed by atoms with E-state index >= 15 is 0 Å². The second-order valence-electron chi connectivity index (χ2n) is 8.40. The number of carbonyl (C=O) groups is 2. The lowest BCUT2D eigenvalue weighted by Crippen LogP contribution is -2.54. The summed E-state index contributed by atoms with van der Waals surface area (Å²) in [5.41, 5.74) is 1.03. The molecule has 0 bridgehead atoms. The molecular weight excluding hydrogens is 356 g/mol. The molecule has 0 unspecified atom stereocenters. The average molecular weight is 389 g/mol. The van der Waals surface area contributed by atoms with E-state index in [0.717, 1.165) is 25.7 Å². The fraction of sp³-hybridized carbons (Fsp3) is 0.619. The fourth-order valence-electron chi connectivity index (χ4n) is 4.64. The number of benzene rings is 1. The highest BCUT2D eigenvalue weighted by molar-refractivity contribution is 5.85. The zero-order valence-corrected chi connectivity index (χ0v) is 17.1. The van der Waals surface area contributed by atoms with Crippen molar-refractivity contribution in [3.05, 3.63) is 35.9 Å². The van der Waals surface area contributed by atoms with Crippen molar-refractivity contribution >= 4 is 11.9 Å². The van der Waals surface area contributed by atoms with E-state index in [9.17, 15) is 9.59 Å². The Morgan fingerprint density at radius 2 is 1.79 bits per heavy atom. The third-order valence-electron chi connectivity index (χ3n) is 6.54. The first kappa shape index (κ1) is 20.6. The predicted molar refractivity (Wildman–Crippen MR) is 108 cm³/mol.